The van der Waals surface area contributed by atoms with Crippen molar-refractivity contribution in [2.45, 2.75) is 36.5 Å². The predicted octanol–water partition coefficient (Wildman–Crippen LogP) is 4.68. The minimum Gasteiger partial charge on any atom is -0.397 e. The molecule has 4 nitrogen and oxygen atoms in total. The summed E-state index contributed by atoms with van der Waals surface area (Å²) in [6.07, 6.45) is 2.12. The van der Waals surface area contributed by atoms with Gasteiger partial charge in [0.2, 0.25) is 0 Å². The fraction of sp³-hybridized carbons (Fsp3) is 0.300. The summed E-state index contributed by atoms with van der Waals surface area (Å²) in [6.45, 7) is 6.07. The SMILES string of the molecule is CCCN=c1ccc(SSc2ccc(N)c(=N)cc2)ccc1NCCC. The van der Waals surface area contributed by atoms with E-state index in [9.17, 15) is 0 Å². The normalized spacial score (nSPS) is 11.4. The van der Waals surface area contributed by atoms with E-state index in [1.807, 2.05) is 12.1 Å². The number of hydrogen-bond acceptors (Lipinski definition) is 6. The Morgan fingerprint density at radius 2 is 1.58 bits per heavy atom. The largest absolute Gasteiger partial charge is 0.397 e. The average Bonchev–Trinajstić information content (AvgIpc) is 2.94. The molecule has 0 amide bonds. The highest BCUT2D eigenvalue weighted by atomic mass is 33.1. The van der Waals surface area contributed by atoms with Gasteiger partial charge >= 0.3 is 0 Å². The topological polar surface area (TPSA) is 74.3 Å². The Morgan fingerprint density at radius 1 is 0.923 bits per heavy atom. The van der Waals surface area contributed by atoms with Crippen LogP contribution in [0.1, 0.15) is 26.7 Å². The molecule has 0 aliphatic carbocycles. The second-order valence-electron chi connectivity index (χ2n) is 5.78. The molecule has 0 spiro atoms. The van der Waals surface area contributed by atoms with Crippen LogP contribution in [0.4, 0.5) is 11.4 Å². The van der Waals surface area contributed by atoms with Gasteiger partial charge in [0, 0.05) is 22.9 Å². The van der Waals surface area contributed by atoms with Crippen molar-refractivity contribution in [3.05, 3.63) is 59.2 Å². The zero-order valence-corrected chi connectivity index (χ0v) is 16.9. The first-order valence-electron chi connectivity index (χ1n) is 8.81. The first kappa shape index (κ1) is 20.4. The van der Waals surface area contributed by atoms with Crippen LogP contribution in [-0.2, 0) is 0 Å². The maximum absolute atomic E-state index is 7.76. The predicted molar refractivity (Wildman–Crippen MR) is 114 cm³/mol. The van der Waals surface area contributed by atoms with Crippen molar-refractivity contribution in [1.29, 1.82) is 5.41 Å². The molecule has 0 aliphatic rings. The summed E-state index contributed by atoms with van der Waals surface area (Å²) in [6, 6.07) is 15.8. The molecule has 26 heavy (non-hydrogen) atoms. The number of nitrogens with two attached hydrogens (primary N) is 1. The molecule has 2 aromatic carbocycles. The number of nitrogens with zero attached hydrogens (tertiary/aromatic N) is 1. The van der Waals surface area contributed by atoms with Crippen LogP contribution in [0.2, 0.25) is 0 Å². The Kier molecular flexibility index (Phi) is 8.58. The van der Waals surface area contributed by atoms with Crippen LogP contribution in [0.5, 0.6) is 0 Å². The Morgan fingerprint density at radius 3 is 2.27 bits per heavy atom. The van der Waals surface area contributed by atoms with E-state index in [0.29, 0.717) is 11.0 Å². The highest BCUT2D eigenvalue weighted by Crippen LogP contribution is 2.36. The van der Waals surface area contributed by atoms with Gasteiger partial charge in [0.25, 0.3) is 0 Å². The van der Waals surface area contributed by atoms with Crippen molar-refractivity contribution in [2.75, 3.05) is 24.1 Å². The van der Waals surface area contributed by atoms with E-state index in [0.717, 1.165) is 46.8 Å². The Hall–Kier alpha value is -1.92. The molecule has 2 aromatic rings. The number of anilines is 2. The summed E-state index contributed by atoms with van der Waals surface area (Å²) in [5, 5.41) is 12.6. The van der Waals surface area contributed by atoms with Crippen LogP contribution in [-0.4, -0.2) is 13.1 Å². The van der Waals surface area contributed by atoms with Crippen molar-refractivity contribution >= 4 is 33.0 Å². The molecule has 0 aromatic heterocycles. The van der Waals surface area contributed by atoms with E-state index in [-0.39, 0.29) is 0 Å². The van der Waals surface area contributed by atoms with Crippen molar-refractivity contribution < 1.29 is 0 Å². The van der Waals surface area contributed by atoms with Gasteiger partial charge in [0.15, 0.2) is 0 Å². The van der Waals surface area contributed by atoms with Crippen LogP contribution in [0.15, 0.2) is 63.3 Å². The van der Waals surface area contributed by atoms with Crippen LogP contribution in [0, 0.1) is 5.41 Å². The molecule has 6 heteroatoms. The number of rotatable bonds is 8. The van der Waals surface area contributed by atoms with Crippen molar-refractivity contribution in [3.63, 3.8) is 0 Å². The second-order valence-corrected chi connectivity index (χ2v) is 8.06. The van der Waals surface area contributed by atoms with E-state index in [1.165, 1.54) is 0 Å². The molecule has 0 atom stereocenters. The van der Waals surface area contributed by atoms with Crippen molar-refractivity contribution in [3.8, 4) is 0 Å². The lowest BCUT2D eigenvalue weighted by molar-refractivity contribution is 0.901. The summed E-state index contributed by atoms with van der Waals surface area (Å²) in [5.41, 5.74) is 7.35. The molecule has 0 saturated carbocycles. The summed E-state index contributed by atoms with van der Waals surface area (Å²) < 4.78 is 0. The van der Waals surface area contributed by atoms with Crippen molar-refractivity contribution in [1.82, 2.24) is 0 Å². The van der Waals surface area contributed by atoms with E-state index in [4.69, 9.17) is 16.1 Å². The molecule has 0 saturated heterocycles. The fourth-order valence-electron chi connectivity index (χ4n) is 2.12. The van der Waals surface area contributed by atoms with Gasteiger partial charge in [-0.15, -0.1) is 0 Å². The summed E-state index contributed by atoms with van der Waals surface area (Å²) in [7, 11) is 3.34. The molecular weight excluding hydrogens is 360 g/mol. The smallest absolute Gasteiger partial charge is 0.0806 e. The van der Waals surface area contributed by atoms with E-state index >= 15 is 0 Å². The highest BCUT2D eigenvalue weighted by molar-refractivity contribution is 8.76. The molecule has 0 radical (unpaired) electrons. The first-order valence-corrected chi connectivity index (χ1v) is 11.0. The Bertz CT molecular complexity index is 853. The maximum Gasteiger partial charge on any atom is 0.0806 e. The van der Waals surface area contributed by atoms with E-state index < -0.39 is 0 Å². The van der Waals surface area contributed by atoms with Gasteiger partial charge in [0.05, 0.1) is 22.1 Å². The standard InChI is InChI=1S/C20H26N4S2/c1-3-13-23-19-11-7-16(8-12-20(19)24-14-4-2)26-25-15-5-9-17(21)18(22)10-6-15/h5-12H,3-4,13-14H2,1-2H3,(H3,21,22)(H,23,24). The van der Waals surface area contributed by atoms with E-state index in [1.54, 1.807) is 33.7 Å². The van der Waals surface area contributed by atoms with Gasteiger partial charge in [-0.1, -0.05) is 35.4 Å². The third kappa shape index (κ3) is 6.42. The molecule has 0 fully saturated rings. The third-order valence-electron chi connectivity index (χ3n) is 3.55. The molecule has 0 bridgehead atoms. The molecular formula is C20H26N4S2. The summed E-state index contributed by atoms with van der Waals surface area (Å²) in [4.78, 5) is 6.90. The zero-order chi connectivity index (χ0) is 18.8. The lowest BCUT2D eigenvalue weighted by Gasteiger charge is -2.02. The molecule has 2 rings (SSSR count). The minimum absolute atomic E-state index is 0.349. The zero-order valence-electron chi connectivity index (χ0n) is 15.3. The average molecular weight is 387 g/mol. The van der Waals surface area contributed by atoms with E-state index in [2.05, 4.69) is 43.4 Å². The second kappa shape index (κ2) is 10.9. The minimum atomic E-state index is 0.349. The van der Waals surface area contributed by atoms with Gasteiger partial charge in [-0.2, -0.15) is 0 Å². The first-order chi connectivity index (χ1) is 12.6. The Labute approximate surface area is 163 Å². The van der Waals surface area contributed by atoms with Gasteiger partial charge in [0.1, 0.15) is 0 Å². The quantitative estimate of drug-likeness (QED) is 0.576. The lowest BCUT2D eigenvalue weighted by Crippen LogP contribution is -2.11. The molecule has 0 heterocycles. The van der Waals surface area contributed by atoms with Crippen LogP contribution >= 0.6 is 21.6 Å². The molecule has 138 valence electrons. The van der Waals surface area contributed by atoms with Gasteiger partial charge in [-0.25, -0.2) is 0 Å². The van der Waals surface area contributed by atoms with Crippen molar-refractivity contribution in [2.24, 2.45) is 4.99 Å². The summed E-state index contributed by atoms with van der Waals surface area (Å²) in [5.74, 6) is 0. The molecule has 0 aliphatic heterocycles. The van der Waals surface area contributed by atoms with Gasteiger partial charge in [-0.3, -0.25) is 10.4 Å². The van der Waals surface area contributed by atoms with Crippen LogP contribution in [0.25, 0.3) is 0 Å². The van der Waals surface area contributed by atoms with Gasteiger partial charge in [-0.05, 0) is 61.4 Å². The van der Waals surface area contributed by atoms with Crippen LogP contribution < -0.4 is 21.8 Å². The number of nitrogen functional groups attached to an aromatic ring is 1. The number of hydrogen-bond donors (Lipinski definition) is 3. The monoisotopic (exact) mass is 386 g/mol. The van der Waals surface area contributed by atoms with Crippen LogP contribution in [0.3, 0.4) is 0 Å². The Balaban J connectivity index is 2.21. The summed E-state index contributed by atoms with van der Waals surface area (Å²) >= 11 is 0. The maximum atomic E-state index is 7.76. The van der Waals surface area contributed by atoms with Gasteiger partial charge < -0.3 is 11.1 Å². The highest BCUT2D eigenvalue weighted by Gasteiger charge is 1.99. The lowest BCUT2D eigenvalue weighted by atomic mass is 10.3. The number of nitrogens with one attached hydrogen (secondary N) is 2. The third-order valence-corrected chi connectivity index (χ3v) is 5.97. The molecule has 4 N–H and O–H groups in total. The molecule has 0 unspecified atom stereocenters. The fourth-order valence-corrected chi connectivity index (χ4v) is 4.05.